The van der Waals surface area contributed by atoms with Crippen LogP contribution in [0.25, 0.3) is 0 Å². The van der Waals surface area contributed by atoms with Crippen LogP contribution in [0.2, 0.25) is 0 Å². The van der Waals surface area contributed by atoms with Crippen molar-refractivity contribution in [2.75, 3.05) is 30.3 Å². The van der Waals surface area contributed by atoms with Crippen molar-refractivity contribution < 1.29 is 27.5 Å². The first kappa shape index (κ1) is 24.2. The molecule has 2 aliphatic rings. The van der Waals surface area contributed by atoms with Crippen LogP contribution in [0.1, 0.15) is 26.7 Å². The molecule has 2 N–H and O–H groups in total. The molecule has 0 spiro atoms. The molecule has 4 rings (SSSR count). The average Bonchev–Trinajstić information content (AvgIpc) is 3.63. The van der Waals surface area contributed by atoms with Crippen LogP contribution in [-0.2, 0) is 24.3 Å². The van der Waals surface area contributed by atoms with E-state index in [0.717, 1.165) is 12.8 Å². The van der Waals surface area contributed by atoms with E-state index in [1.54, 1.807) is 36.4 Å². The first-order chi connectivity index (χ1) is 16.2. The summed E-state index contributed by atoms with van der Waals surface area (Å²) in [5, 5.41) is 5.53. The van der Waals surface area contributed by atoms with Gasteiger partial charge in [-0.25, -0.2) is 8.42 Å². The molecule has 1 heterocycles. The quantitative estimate of drug-likeness (QED) is 0.592. The van der Waals surface area contributed by atoms with E-state index in [1.807, 2.05) is 13.8 Å². The molecule has 182 valence electrons. The van der Waals surface area contributed by atoms with Gasteiger partial charge in [0.2, 0.25) is 15.9 Å². The number of amides is 2. The lowest BCUT2D eigenvalue weighted by Gasteiger charge is -2.34. The van der Waals surface area contributed by atoms with Crippen LogP contribution >= 0.6 is 0 Å². The number of benzene rings is 2. The van der Waals surface area contributed by atoms with Crippen LogP contribution in [0.15, 0.2) is 53.4 Å². The SMILES string of the molecule is CC1CN(S(=O)(=O)c2ccc(NC(=O)COc3cccc(NC(=O)C4CC4)c3)cc2)CC(C)O1. The zero-order chi connectivity index (χ0) is 24.3. The van der Waals surface area contributed by atoms with E-state index in [2.05, 4.69) is 10.6 Å². The average molecular weight is 488 g/mol. The van der Waals surface area contributed by atoms with Gasteiger partial charge in [-0.05, 0) is 63.1 Å². The van der Waals surface area contributed by atoms with Gasteiger partial charge < -0.3 is 20.1 Å². The van der Waals surface area contributed by atoms with Crippen LogP contribution in [0.5, 0.6) is 5.75 Å². The highest BCUT2D eigenvalue weighted by molar-refractivity contribution is 7.89. The van der Waals surface area contributed by atoms with Crippen molar-refractivity contribution in [1.29, 1.82) is 0 Å². The third-order valence-corrected chi connectivity index (χ3v) is 7.43. The predicted molar refractivity (Wildman–Crippen MR) is 127 cm³/mol. The molecule has 0 aromatic heterocycles. The molecule has 2 amide bonds. The van der Waals surface area contributed by atoms with Gasteiger partial charge in [0.1, 0.15) is 5.75 Å². The number of ether oxygens (including phenoxy) is 2. The monoisotopic (exact) mass is 487 g/mol. The van der Waals surface area contributed by atoms with Gasteiger partial charge in [0.05, 0.1) is 17.1 Å². The van der Waals surface area contributed by atoms with Crippen molar-refractivity contribution >= 4 is 33.2 Å². The number of carbonyl (C=O) groups is 2. The largest absolute Gasteiger partial charge is 0.484 e. The molecule has 1 aliphatic carbocycles. The van der Waals surface area contributed by atoms with Gasteiger partial charge in [0, 0.05) is 36.4 Å². The van der Waals surface area contributed by atoms with Gasteiger partial charge in [0.15, 0.2) is 6.61 Å². The van der Waals surface area contributed by atoms with E-state index in [0.29, 0.717) is 30.2 Å². The molecule has 2 aromatic carbocycles. The summed E-state index contributed by atoms with van der Waals surface area (Å²) in [6, 6.07) is 12.9. The van der Waals surface area contributed by atoms with Crippen molar-refractivity contribution in [3.63, 3.8) is 0 Å². The highest BCUT2D eigenvalue weighted by Gasteiger charge is 2.32. The maximum atomic E-state index is 12.9. The topological polar surface area (TPSA) is 114 Å². The van der Waals surface area contributed by atoms with Crippen LogP contribution in [0.4, 0.5) is 11.4 Å². The third kappa shape index (κ3) is 6.13. The molecule has 2 fully saturated rings. The summed E-state index contributed by atoms with van der Waals surface area (Å²) in [7, 11) is -3.65. The smallest absolute Gasteiger partial charge is 0.262 e. The molecule has 1 saturated heterocycles. The second-order valence-corrected chi connectivity index (χ2v) is 10.7. The zero-order valence-corrected chi connectivity index (χ0v) is 20.0. The fourth-order valence-electron chi connectivity index (χ4n) is 3.79. The number of sulfonamides is 1. The van der Waals surface area contributed by atoms with Crippen molar-refractivity contribution in [3.8, 4) is 5.75 Å². The fraction of sp³-hybridized carbons (Fsp3) is 0.417. The number of carbonyl (C=O) groups excluding carboxylic acids is 2. The lowest BCUT2D eigenvalue weighted by Crippen LogP contribution is -2.48. The maximum Gasteiger partial charge on any atom is 0.262 e. The Kier molecular flexibility index (Phi) is 7.20. The molecule has 2 aromatic rings. The molecular formula is C24H29N3O6S. The van der Waals surface area contributed by atoms with E-state index < -0.39 is 10.0 Å². The first-order valence-electron chi connectivity index (χ1n) is 11.3. The lowest BCUT2D eigenvalue weighted by atomic mass is 10.3. The van der Waals surface area contributed by atoms with Crippen molar-refractivity contribution in [2.24, 2.45) is 5.92 Å². The molecule has 0 bridgehead atoms. The second-order valence-electron chi connectivity index (χ2n) is 8.73. The highest BCUT2D eigenvalue weighted by atomic mass is 32.2. The number of nitrogens with one attached hydrogen (secondary N) is 2. The van der Waals surface area contributed by atoms with Crippen molar-refractivity contribution in [2.45, 2.75) is 43.8 Å². The summed E-state index contributed by atoms with van der Waals surface area (Å²) in [5.41, 5.74) is 1.08. The minimum atomic E-state index is -3.65. The molecule has 34 heavy (non-hydrogen) atoms. The van der Waals surface area contributed by atoms with Crippen molar-refractivity contribution in [3.05, 3.63) is 48.5 Å². The summed E-state index contributed by atoms with van der Waals surface area (Å²) >= 11 is 0. The van der Waals surface area contributed by atoms with Crippen LogP contribution in [0, 0.1) is 5.92 Å². The predicted octanol–water partition coefficient (Wildman–Crippen LogP) is 2.85. The van der Waals surface area contributed by atoms with Gasteiger partial charge in [0.25, 0.3) is 5.91 Å². The molecule has 10 heteroatoms. The fourth-order valence-corrected chi connectivity index (χ4v) is 5.38. The minimum Gasteiger partial charge on any atom is -0.484 e. The summed E-state index contributed by atoms with van der Waals surface area (Å²) in [6.07, 6.45) is 1.49. The Balaban J connectivity index is 1.30. The molecule has 2 unspecified atom stereocenters. The first-order valence-corrected chi connectivity index (χ1v) is 12.7. The summed E-state index contributed by atoms with van der Waals surface area (Å²) in [6.45, 7) is 4.06. The van der Waals surface area contributed by atoms with Crippen LogP contribution in [-0.4, -0.2) is 56.4 Å². The van der Waals surface area contributed by atoms with Gasteiger partial charge in [-0.1, -0.05) is 6.07 Å². The summed E-state index contributed by atoms with van der Waals surface area (Å²) in [5.74, 6) is 0.161. The highest BCUT2D eigenvalue weighted by Crippen LogP contribution is 2.30. The number of nitrogens with zero attached hydrogens (tertiary/aromatic N) is 1. The Bertz CT molecular complexity index is 1140. The van der Waals surface area contributed by atoms with E-state index >= 15 is 0 Å². The van der Waals surface area contributed by atoms with E-state index in [1.165, 1.54) is 16.4 Å². The van der Waals surface area contributed by atoms with Crippen LogP contribution in [0.3, 0.4) is 0 Å². The van der Waals surface area contributed by atoms with Gasteiger partial charge in [-0.3, -0.25) is 9.59 Å². The molecule has 0 radical (unpaired) electrons. The molecular weight excluding hydrogens is 458 g/mol. The van der Waals surface area contributed by atoms with Gasteiger partial charge in [-0.2, -0.15) is 4.31 Å². The Labute approximate surface area is 199 Å². The normalized spacial score (nSPS) is 21.0. The van der Waals surface area contributed by atoms with E-state index in [9.17, 15) is 18.0 Å². The molecule has 1 aliphatic heterocycles. The lowest BCUT2D eigenvalue weighted by molar-refractivity contribution is -0.118. The molecule has 2 atom stereocenters. The number of hydrogen-bond acceptors (Lipinski definition) is 6. The van der Waals surface area contributed by atoms with Gasteiger partial charge in [-0.15, -0.1) is 0 Å². The number of anilines is 2. The second kappa shape index (κ2) is 10.1. The minimum absolute atomic E-state index is 0.00185. The number of morpholine rings is 1. The van der Waals surface area contributed by atoms with E-state index in [-0.39, 0.29) is 41.4 Å². The Morgan fingerprint density at radius 2 is 1.68 bits per heavy atom. The zero-order valence-electron chi connectivity index (χ0n) is 19.2. The Morgan fingerprint density at radius 1 is 1.00 bits per heavy atom. The third-order valence-electron chi connectivity index (χ3n) is 5.58. The standard InChI is InChI=1S/C24H29N3O6S/c1-16-13-27(14-17(2)33-16)34(30,31)22-10-8-19(9-11-22)25-23(28)15-32-21-5-3-4-20(12-21)26-24(29)18-6-7-18/h3-5,8-12,16-18H,6-7,13-15H2,1-2H3,(H,25,28)(H,26,29). The number of rotatable bonds is 8. The Hall–Kier alpha value is -2.95. The van der Waals surface area contributed by atoms with E-state index in [4.69, 9.17) is 9.47 Å². The van der Waals surface area contributed by atoms with Crippen molar-refractivity contribution in [1.82, 2.24) is 4.31 Å². The maximum absolute atomic E-state index is 12.9. The summed E-state index contributed by atoms with van der Waals surface area (Å²) in [4.78, 5) is 24.4. The molecule has 9 nitrogen and oxygen atoms in total. The molecule has 1 saturated carbocycles. The van der Waals surface area contributed by atoms with Crippen LogP contribution < -0.4 is 15.4 Å². The summed E-state index contributed by atoms with van der Waals surface area (Å²) < 4.78 is 38.5. The number of hydrogen-bond donors (Lipinski definition) is 2. The van der Waals surface area contributed by atoms with Gasteiger partial charge >= 0.3 is 0 Å². The Morgan fingerprint density at radius 3 is 2.32 bits per heavy atom.